The van der Waals surface area contributed by atoms with Gasteiger partial charge >= 0.3 is 5.97 Å². The molecule has 0 radical (unpaired) electrons. The molecule has 0 fully saturated rings. The number of carbonyl (C=O) groups excluding carboxylic acids is 1. The number of nitrogen functional groups attached to an aromatic ring is 1. The van der Waals surface area contributed by atoms with Gasteiger partial charge in [0.15, 0.2) is 0 Å². The summed E-state index contributed by atoms with van der Waals surface area (Å²) in [7, 11) is 0. The highest BCUT2D eigenvalue weighted by atomic mass is 127. The molecule has 0 aliphatic heterocycles. The van der Waals surface area contributed by atoms with Crippen molar-refractivity contribution in [1.29, 1.82) is 0 Å². The Morgan fingerprint density at radius 2 is 2.00 bits per heavy atom. The van der Waals surface area contributed by atoms with Gasteiger partial charge in [0, 0.05) is 14.3 Å². The third-order valence-corrected chi connectivity index (χ3v) is 3.87. The zero-order chi connectivity index (χ0) is 15.4. The molecule has 4 nitrogen and oxygen atoms in total. The lowest BCUT2D eigenvalue weighted by molar-refractivity contribution is 0.0527. The van der Waals surface area contributed by atoms with E-state index in [1.165, 1.54) is 0 Å². The zero-order valence-electron chi connectivity index (χ0n) is 11.3. The van der Waals surface area contributed by atoms with Gasteiger partial charge in [-0.25, -0.2) is 4.79 Å². The summed E-state index contributed by atoms with van der Waals surface area (Å²) >= 11 is 8.12. The van der Waals surface area contributed by atoms with Crippen molar-refractivity contribution in [3.05, 3.63) is 50.6 Å². The van der Waals surface area contributed by atoms with E-state index >= 15 is 0 Å². The number of rotatable bonds is 4. The summed E-state index contributed by atoms with van der Waals surface area (Å²) in [6, 6.07) is 10.6. The highest BCUT2D eigenvalue weighted by molar-refractivity contribution is 14.1. The first kappa shape index (κ1) is 15.9. The molecule has 0 aliphatic rings. The number of hydrogen-bond donors (Lipinski definition) is 2. The molecule has 2 rings (SSSR count). The molecule has 0 amide bonds. The van der Waals surface area contributed by atoms with Crippen molar-refractivity contribution in [2.24, 2.45) is 0 Å². The van der Waals surface area contributed by atoms with Crippen LogP contribution in [0.3, 0.4) is 0 Å². The lowest BCUT2D eigenvalue weighted by Gasteiger charge is -2.13. The molecular formula is C15H14ClIN2O2. The fourth-order valence-electron chi connectivity index (χ4n) is 1.78. The Labute approximate surface area is 141 Å². The Morgan fingerprint density at radius 1 is 1.29 bits per heavy atom. The van der Waals surface area contributed by atoms with Gasteiger partial charge in [-0.3, -0.25) is 0 Å². The first-order valence-corrected chi connectivity index (χ1v) is 7.75. The molecule has 0 heterocycles. The van der Waals surface area contributed by atoms with Crippen LogP contribution >= 0.6 is 34.2 Å². The molecule has 0 saturated carbocycles. The average molecular weight is 417 g/mol. The molecule has 2 aromatic rings. The molecule has 0 bridgehead atoms. The topological polar surface area (TPSA) is 64.3 Å². The quantitative estimate of drug-likeness (QED) is 0.439. The number of ether oxygens (including phenoxy) is 1. The van der Waals surface area contributed by atoms with Crippen LogP contribution in [-0.4, -0.2) is 12.6 Å². The Kier molecular flexibility index (Phi) is 5.30. The van der Waals surface area contributed by atoms with E-state index in [4.69, 9.17) is 22.1 Å². The SMILES string of the molecule is CCOC(=O)c1cc(N)ccc1Nc1ccc(Cl)cc1I. The smallest absolute Gasteiger partial charge is 0.340 e. The zero-order valence-corrected chi connectivity index (χ0v) is 14.2. The van der Waals surface area contributed by atoms with Crippen LogP contribution in [0.5, 0.6) is 0 Å². The van der Waals surface area contributed by atoms with Gasteiger partial charge in [-0.05, 0) is 65.9 Å². The monoisotopic (exact) mass is 416 g/mol. The van der Waals surface area contributed by atoms with Crippen LogP contribution in [0.2, 0.25) is 5.02 Å². The highest BCUT2D eigenvalue weighted by Crippen LogP contribution is 2.28. The van der Waals surface area contributed by atoms with Crippen LogP contribution < -0.4 is 11.1 Å². The predicted molar refractivity (Wildman–Crippen MR) is 94.3 cm³/mol. The number of esters is 1. The van der Waals surface area contributed by atoms with E-state index in [-0.39, 0.29) is 0 Å². The fraction of sp³-hybridized carbons (Fsp3) is 0.133. The molecule has 2 aromatic carbocycles. The molecular weight excluding hydrogens is 403 g/mol. The maximum absolute atomic E-state index is 12.0. The first-order chi connectivity index (χ1) is 10.0. The molecule has 0 atom stereocenters. The van der Waals surface area contributed by atoms with Crippen LogP contribution in [0.25, 0.3) is 0 Å². The van der Waals surface area contributed by atoms with Crippen LogP contribution in [0, 0.1) is 3.57 Å². The van der Waals surface area contributed by atoms with Crippen molar-refractivity contribution < 1.29 is 9.53 Å². The van der Waals surface area contributed by atoms with E-state index in [9.17, 15) is 4.79 Å². The number of carbonyl (C=O) groups is 1. The molecule has 6 heteroatoms. The van der Waals surface area contributed by atoms with Gasteiger partial charge in [0.25, 0.3) is 0 Å². The van der Waals surface area contributed by atoms with Crippen molar-refractivity contribution >= 4 is 57.2 Å². The van der Waals surface area contributed by atoms with Crippen LogP contribution in [0.1, 0.15) is 17.3 Å². The molecule has 3 N–H and O–H groups in total. The van der Waals surface area contributed by atoms with Gasteiger partial charge in [0.05, 0.1) is 23.5 Å². The summed E-state index contributed by atoms with van der Waals surface area (Å²) in [5.41, 5.74) is 8.16. The van der Waals surface area contributed by atoms with Gasteiger partial charge in [0.2, 0.25) is 0 Å². The van der Waals surface area contributed by atoms with E-state index in [1.807, 2.05) is 12.1 Å². The number of hydrogen-bond acceptors (Lipinski definition) is 4. The summed E-state index contributed by atoms with van der Waals surface area (Å²) in [6.45, 7) is 2.07. The maximum Gasteiger partial charge on any atom is 0.340 e. The van der Waals surface area contributed by atoms with Crippen LogP contribution in [0.15, 0.2) is 36.4 Å². The Balaban J connectivity index is 2.37. The number of nitrogens with two attached hydrogens (primary N) is 1. The number of nitrogens with one attached hydrogen (secondary N) is 1. The third-order valence-electron chi connectivity index (χ3n) is 2.74. The summed E-state index contributed by atoms with van der Waals surface area (Å²) < 4.78 is 6.00. The molecule has 0 saturated heterocycles. The number of anilines is 3. The standard InChI is InChI=1S/C15H14ClIN2O2/c1-2-21-15(20)11-8-10(18)4-6-13(11)19-14-5-3-9(16)7-12(14)17/h3-8,19H,2,18H2,1H3. The predicted octanol–water partition coefficient (Wildman–Crippen LogP) is 4.45. The number of benzene rings is 2. The fourth-order valence-corrected chi connectivity index (χ4v) is 2.79. The molecule has 21 heavy (non-hydrogen) atoms. The molecule has 110 valence electrons. The largest absolute Gasteiger partial charge is 0.462 e. The van der Waals surface area contributed by atoms with E-state index < -0.39 is 5.97 Å². The second-order valence-corrected chi connectivity index (χ2v) is 5.87. The van der Waals surface area contributed by atoms with Gasteiger partial charge < -0.3 is 15.8 Å². The van der Waals surface area contributed by atoms with Crippen molar-refractivity contribution in [3.8, 4) is 0 Å². The van der Waals surface area contributed by atoms with Crippen LogP contribution in [-0.2, 0) is 4.74 Å². The molecule has 0 aliphatic carbocycles. The Hall–Kier alpha value is -1.47. The normalized spacial score (nSPS) is 10.2. The third kappa shape index (κ3) is 4.01. The van der Waals surface area contributed by atoms with E-state index in [1.54, 1.807) is 31.2 Å². The van der Waals surface area contributed by atoms with Crippen molar-refractivity contribution in [3.63, 3.8) is 0 Å². The second kappa shape index (κ2) is 7.00. The average Bonchev–Trinajstić information content (AvgIpc) is 2.43. The first-order valence-electron chi connectivity index (χ1n) is 6.30. The minimum Gasteiger partial charge on any atom is -0.462 e. The highest BCUT2D eigenvalue weighted by Gasteiger charge is 2.14. The summed E-state index contributed by atoms with van der Waals surface area (Å²) in [6.07, 6.45) is 0. The van der Waals surface area contributed by atoms with Gasteiger partial charge in [-0.2, -0.15) is 0 Å². The van der Waals surface area contributed by atoms with E-state index in [0.29, 0.717) is 28.6 Å². The summed E-state index contributed by atoms with van der Waals surface area (Å²) in [5, 5.41) is 3.87. The molecule has 0 unspecified atom stereocenters. The van der Waals surface area contributed by atoms with Gasteiger partial charge in [-0.1, -0.05) is 11.6 Å². The minimum atomic E-state index is -0.406. The lowest BCUT2D eigenvalue weighted by Crippen LogP contribution is -2.09. The van der Waals surface area contributed by atoms with E-state index in [2.05, 4.69) is 27.9 Å². The molecule has 0 spiro atoms. The maximum atomic E-state index is 12.0. The number of halogens is 2. The summed E-state index contributed by atoms with van der Waals surface area (Å²) in [4.78, 5) is 12.0. The van der Waals surface area contributed by atoms with Crippen molar-refractivity contribution in [2.45, 2.75) is 6.92 Å². The Bertz CT molecular complexity index is 677. The second-order valence-electron chi connectivity index (χ2n) is 4.27. The van der Waals surface area contributed by atoms with Gasteiger partial charge in [-0.15, -0.1) is 0 Å². The van der Waals surface area contributed by atoms with E-state index in [0.717, 1.165) is 9.26 Å². The van der Waals surface area contributed by atoms with Crippen molar-refractivity contribution in [1.82, 2.24) is 0 Å². The minimum absolute atomic E-state index is 0.311. The molecule has 0 aromatic heterocycles. The van der Waals surface area contributed by atoms with Crippen molar-refractivity contribution in [2.75, 3.05) is 17.7 Å². The van der Waals surface area contributed by atoms with Crippen LogP contribution in [0.4, 0.5) is 17.1 Å². The van der Waals surface area contributed by atoms with Gasteiger partial charge in [0.1, 0.15) is 0 Å². The summed E-state index contributed by atoms with van der Waals surface area (Å²) in [5.74, 6) is -0.406. The Morgan fingerprint density at radius 3 is 2.67 bits per heavy atom. The lowest BCUT2D eigenvalue weighted by atomic mass is 10.1.